The average molecular weight is 415 g/mol. The zero-order valence-corrected chi connectivity index (χ0v) is 18.5. The molecule has 2 aromatic carbocycles. The highest BCUT2D eigenvalue weighted by molar-refractivity contribution is 6.30. The number of nitrogens with zero attached hydrogens (tertiary/aromatic N) is 1. The summed E-state index contributed by atoms with van der Waals surface area (Å²) in [5.74, 6) is -0.163. The van der Waals surface area contributed by atoms with Crippen molar-refractivity contribution in [3.8, 4) is 0 Å². The van der Waals surface area contributed by atoms with Crippen LogP contribution >= 0.6 is 11.6 Å². The number of aryl methyl sites for hydroxylation is 2. The molecule has 0 saturated carbocycles. The van der Waals surface area contributed by atoms with Crippen molar-refractivity contribution >= 4 is 23.4 Å². The lowest BCUT2D eigenvalue weighted by Crippen LogP contribution is -2.49. The van der Waals surface area contributed by atoms with E-state index in [0.29, 0.717) is 24.4 Å². The van der Waals surface area contributed by atoms with Crippen molar-refractivity contribution < 1.29 is 9.59 Å². The SMILES string of the molecule is CC[C@@H](C)NC(=O)[C@H](C)N(Cc1ccc(Cl)cc1)C(=O)CCc1ccc(C)cc1. The molecule has 4 nitrogen and oxygen atoms in total. The predicted molar refractivity (Wildman–Crippen MR) is 119 cm³/mol. The van der Waals surface area contributed by atoms with E-state index in [4.69, 9.17) is 11.6 Å². The van der Waals surface area contributed by atoms with Gasteiger partial charge in [-0.3, -0.25) is 9.59 Å². The number of carbonyl (C=O) groups is 2. The minimum atomic E-state index is -0.551. The Morgan fingerprint density at radius 2 is 1.59 bits per heavy atom. The molecular weight excluding hydrogens is 384 g/mol. The molecule has 2 rings (SSSR count). The zero-order valence-electron chi connectivity index (χ0n) is 17.7. The van der Waals surface area contributed by atoms with Gasteiger partial charge in [0.05, 0.1) is 0 Å². The van der Waals surface area contributed by atoms with E-state index in [1.165, 1.54) is 5.56 Å². The van der Waals surface area contributed by atoms with Gasteiger partial charge in [0.15, 0.2) is 0 Å². The van der Waals surface area contributed by atoms with Crippen LogP contribution < -0.4 is 5.32 Å². The molecule has 0 heterocycles. The molecular formula is C24H31ClN2O2. The number of hydrogen-bond acceptors (Lipinski definition) is 2. The van der Waals surface area contributed by atoms with Crippen LogP contribution in [0.5, 0.6) is 0 Å². The van der Waals surface area contributed by atoms with Gasteiger partial charge in [-0.15, -0.1) is 0 Å². The highest BCUT2D eigenvalue weighted by atomic mass is 35.5. The van der Waals surface area contributed by atoms with Gasteiger partial charge in [0.1, 0.15) is 6.04 Å². The first-order valence-corrected chi connectivity index (χ1v) is 10.6. The van der Waals surface area contributed by atoms with E-state index in [-0.39, 0.29) is 17.9 Å². The Labute approximate surface area is 179 Å². The Morgan fingerprint density at radius 1 is 1.00 bits per heavy atom. The first-order chi connectivity index (χ1) is 13.8. The second-order valence-corrected chi connectivity index (χ2v) is 8.06. The monoisotopic (exact) mass is 414 g/mol. The van der Waals surface area contributed by atoms with E-state index < -0.39 is 6.04 Å². The third-order valence-corrected chi connectivity index (χ3v) is 5.43. The number of rotatable bonds is 9. The normalized spacial score (nSPS) is 12.9. The van der Waals surface area contributed by atoms with Crippen LogP contribution in [0, 0.1) is 6.92 Å². The van der Waals surface area contributed by atoms with E-state index in [0.717, 1.165) is 17.5 Å². The molecule has 2 amide bonds. The largest absolute Gasteiger partial charge is 0.352 e. The third kappa shape index (κ3) is 7.21. The van der Waals surface area contributed by atoms with E-state index in [1.54, 1.807) is 24.0 Å². The van der Waals surface area contributed by atoms with Crippen LogP contribution in [0.2, 0.25) is 5.02 Å². The quantitative estimate of drug-likeness (QED) is 0.633. The summed E-state index contributed by atoms with van der Waals surface area (Å²) < 4.78 is 0. The maximum atomic E-state index is 13.1. The molecule has 0 bridgehead atoms. The first-order valence-electron chi connectivity index (χ1n) is 10.2. The van der Waals surface area contributed by atoms with Crippen LogP contribution in [-0.4, -0.2) is 28.8 Å². The lowest BCUT2D eigenvalue weighted by atomic mass is 10.1. The lowest BCUT2D eigenvalue weighted by molar-refractivity contribution is -0.140. The molecule has 0 fully saturated rings. The number of nitrogens with one attached hydrogen (secondary N) is 1. The zero-order chi connectivity index (χ0) is 21.4. The minimum Gasteiger partial charge on any atom is -0.352 e. The van der Waals surface area contributed by atoms with Crippen LogP contribution in [0.3, 0.4) is 0 Å². The van der Waals surface area contributed by atoms with Crippen molar-refractivity contribution in [1.82, 2.24) is 10.2 Å². The molecule has 2 atom stereocenters. The first kappa shape index (κ1) is 23.0. The van der Waals surface area contributed by atoms with Crippen molar-refractivity contribution in [2.75, 3.05) is 0 Å². The van der Waals surface area contributed by atoms with Gasteiger partial charge in [0.25, 0.3) is 0 Å². The van der Waals surface area contributed by atoms with Gasteiger partial charge in [0, 0.05) is 24.0 Å². The van der Waals surface area contributed by atoms with E-state index in [9.17, 15) is 9.59 Å². The van der Waals surface area contributed by atoms with Crippen molar-refractivity contribution in [1.29, 1.82) is 0 Å². The Balaban J connectivity index is 2.13. The van der Waals surface area contributed by atoms with Crippen molar-refractivity contribution in [3.63, 3.8) is 0 Å². The molecule has 0 aromatic heterocycles. The standard InChI is InChI=1S/C24H31ClN2O2/c1-5-18(3)26-24(29)19(4)27(16-21-10-13-22(25)14-11-21)23(28)15-12-20-8-6-17(2)7-9-20/h6-11,13-14,18-19H,5,12,15-16H2,1-4H3,(H,26,29)/t18-,19+/m1/s1. The number of hydrogen-bond donors (Lipinski definition) is 1. The highest BCUT2D eigenvalue weighted by Gasteiger charge is 2.26. The maximum Gasteiger partial charge on any atom is 0.242 e. The Morgan fingerprint density at radius 3 is 2.17 bits per heavy atom. The molecule has 0 spiro atoms. The molecule has 0 saturated heterocycles. The molecule has 0 aliphatic carbocycles. The van der Waals surface area contributed by atoms with Crippen LogP contribution in [0.4, 0.5) is 0 Å². The van der Waals surface area contributed by atoms with Crippen molar-refractivity contribution in [3.05, 3.63) is 70.2 Å². The minimum absolute atomic E-state index is 0.0349. The summed E-state index contributed by atoms with van der Waals surface area (Å²) in [7, 11) is 0. The molecule has 29 heavy (non-hydrogen) atoms. The summed E-state index contributed by atoms with van der Waals surface area (Å²) in [6.07, 6.45) is 1.85. The van der Waals surface area contributed by atoms with Crippen LogP contribution in [0.1, 0.15) is 50.3 Å². The van der Waals surface area contributed by atoms with Gasteiger partial charge >= 0.3 is 0 Å². The Bertz CT molecular complexity index is 803. The second kappa shape index (κ2) is 11.0. The predicted octanol–water partition coefficient (Wildman–Crippen LogP) is 4.91. The van der Waals surface area contributed by atoms with E-state index >= 15 is 0 Å². The Hall–Kier alpha value is -2.33. The van der Waals surface area contributed by atoms with E-state index in [2.05, 4.69) is 5.32 Å². The molecule has 0 unspecified atom stereocenters. The molecule has 5 heteroatoms. The molecule has 1 N–H and O–H groups in total. The smallest absolute Gasteiger partial charge is 0.242 e. The van der Waals surface area contributed by atoms with E-state index in [1.807, 2.05) is 57.2 Å². The summed E-state index contributed by atoms with van der Waals surface area (Å²) >= 11 is 5.98. The van der Waals surface area contributed by atoms with Crippen LogP contribution in [0.25, 0.3) is 0 Å². The topological polar surface area (TPSA) is 49.4 Å². The fourth-order valence-corrected chi connectivity index (χ4v) is 3.11. The molecule has 2 aromatic rings. The summed E-state index contributed by atoms with van der Waals surface area (Å²) in [5.41, 5.74) is 3.26. The van der Waals surface area contributed by atoms with Gasteiger partial charge in [-0.1, -0.05) is 60.5 Å². The number of amides is 2. The van der Waals surface area contributed by atoms with Gasteiger partial charge < -0.3 is 10.2 Å². The second-order valence-electron chi connectivity index (χ2n) is 7.63. The van der Waals surface area contributed by atoms with Gasteiger partial charge in [-0.25, -0.2) is 0 Å². The summed E-state index contributed by atoms with van der Waals surface area (Å²) in [5, 5.41) is 3.63. The van der Waals surface area contributed by atoms with Gasteiger partial charge in [0.2, 0.25) is 11.8 Å². The fraction of sp³-hybridized carbons (Fsp3) is 0.417. The number of benzene rings is 2. The molecule has 0 aliphatic heterocycles. The summed E-state index contributed by atoms with van der Waals surface area (Å²) in [6.45, 7) is 8.19. The Kier molecular flexibility index (Phi) is 8.71. The van der Waals surface area contributed by atoms with Gasteiger partial charge in [-0.05, 0) is 56.9 Å². The highest BCUT2D eigenvalue weighted by Crippen LogP contribution is 2.16. The fourth-order valence-electron chi connectivity index (χ4n) is 2.98. The number of halogens is 1. The van der Waals surface area contributed by atoms with Gasteiger partial charge in [-0.2, -0.15) is 0 Å². The lowest BCUT2D eigenvalue weighted by Gasteiger charge is -2.30. The molecule has 156 valence electrons. The average Bonchev–Trinajstić information content (AvgIpc) is 2.72. The maximum absolute atomic E-state index is 13.1. The molecule has 0 aliphatic rings. The van der Waals surface area contributed by atoms with Crippen molar-refractivity contribution in [2.45, 2.75) is 65.6 Å². The summed E-state index contributed by atoms with van der Waals surface area (Å²) in [6, 6.07) is 15.1. The molecule has 0 radical (unpaired) electrons. The summed E-state index contributed by atoms with van der Waals surface area (Å²) in [4.78, 5) is 27.4. The van der Waals surface area contributed by atoms with Crippen LogP contribution in [0.15, 0.2) is 48.5 Å². The number of carbonyl (C=O) groups excluding carboxylic acids is 2. The van der Waals surface area contributed by atoms with Crippen LogP contribution in [-0.2, 0) is 22.6 Å². The third-order valence-electron chi connectivity index (χ3n) is 5.18. The van der Waals surface area contributed by atoms with Crippen molar-refractivity contribution in [2.24, 2.45) is 0 Å².